The van der Waals surface area contributed by atoms with Gasteiger partial charge in [-0.25, -0.2) is 0 Å². The Morgan fingerprint density at radius 1 is 1.08 bits per heavy atom. The first kappa shape index (κ1) is 18.1. The number of anilines is 1. The number of methoxy groups -OCH3 is 2. The van der Waals surface area contributed by atoms with Crippen molar-refractivity contribution in [2.24, 2.45) is 5.41 Å². The number of benzene rings is 1. The van der Waals surface area contributed by atoms with Crippen LogP contribution in [0.2, 0.25) is 0 Å². The molecule has 1 saturated heterocycles. The van der Waals surface area contributed by atoms with Gasteiger partial charge in [0.25, 0.3) is 0 Å². The second-order valence-electron chi connectivity index (χ2n) is 6.50. The van der Waals surface area contributed by atoms with Gasteiger partial charge in [-0.15, -0.1) is 0 Å². The lowest BCUT2D eigenvalue weighted by molar-refractivity contribution is -0.147. The van der Waals surface area contributed by atoms with Crippen LogP contribution in [0.1, 0.15) is 33.1 Å². The summed E-state index contributed by atoms with van der Waals surface area (Å²) < 4.78 is 10.5. The highest BCUT2D eigenvalue weighted by molar-refractivity contribution is 6.10. The first-order valence-electron chi connectivity index (χ1n) is 8.23. The van der Waals surface area contributed by atoms with Crippen LogP contribution in [-0.4, -0.2) is 44.0 Å². The highest BCUT2D eigenvalue weighted by Gasteiger charge is 2.39. The molecule has 1 aromatic rings. The molecular formula is C18H26N2O4. The molecule has 1 fully saturated rings. The Morgan fingerprint density at radius 3 is 2.33 bits per heavy atom. The van der Waals surface area contributed by atoms with Gasteiger partial charge < -0.3 is 19.7 Å². The van der Waals surface area contributed by atoms with Crippen LogP contribution >= 0.6 is 0 Å². The number of ether oxygens (including phenoxy) is 2. The van der Waals surface area contributed by atoms with E-state index in [1.807, 2.05) is 0 Å². The zero-order valence-electron chi connectivity index (χ0n) is 14.8. The minimum atomic E-state index is -1.15. The van der Waals surface area contributed by atoms with Gasteiger partial charge in [0.2, 0.25) is 11.8 Å². The lowest BCUT2D eigenvalue weighted by Gasteiger charge is -2.33. The fourth-order valence-electron chi connectivity index (χ4n) is 2.78. The lowest BCUT2D eigenvalue weighted by Crippen LogP contribution is -2.49. The molecule has 0 bridgehead atoms. The van der Waals surface area contributed by atoms with E-state index in [1.54, 1.807) is 44.1 Å². The van der Waals surface area contributed by atoms with Crippen molar-refractivity contribution in [2.45, 2.75) is 33.1 Å². The highest BCUT2D eigenvalue weighted by atomic mass is 16.5. The van der Waals surface area contributed by atoms with Gasteiger partial charge in [-0.3, -0.25) is 9.59 Å². The molecule has 1 aliphatic rings. The van der Waals surface area contributed by atoms with Crippen molar-refractivity contribution in [3.8, 4) is 11.5 Å². The molecule has 6 nitrogen and oxygen atoms in total. The predicted molar refractivity (Wildman–Crippen MR) is 92.4 cm³/mol. The van der Waals surface area contributed by atoms with Crippen LogP contribution in [0, 0.1) is 5.41 Å². The van der Waals surface area contributed by atoms with E-state index in [1.165, 1.54) is 7.11 Å². The third kappa shape index (κ3) is 3.80. The van der Waals surface area contributed by atoms with E-state index in [0.717, 1.165) is 32.4 Å². The maximum absolute atomic E-state index is 12.7. The smallest absolute Gasteiger partial charge is 0.239 e. The Hall–Kier alpha value is -2.24. The molecule has 0 aromatic heterocycles. The van der Waals surface area contributed by atoms with Crippen molar-refractivity contribution in [1.29, 1.82) is 0 Å². The number of piperidine rings is 1. The number of nitrogens with zero attached hydrogens (tertiary/aromatic N) is 1. The Balaban J connectivity index is 2.16. The Kier molecular flexibility index (Phi) is 5.70. The first-order valence-corrected chi connectivity index (χ1v) is 8.23. The molecule has 24 heavy (non-hydrogen) atoms. The van der Waals surface area contributed by atoms with Gasteiger partial charge in [-0.1, -0.05) is 0 Å². The summed E-state index contributed by atoms with van der Waals surface area (Å²) >= 11 is 0. The minimum absolute atomic E-state index is 0.137. The molecule has 0 atom stereocenters. The van der Waals surface area contributed by atoms with Gasteiger partial charge >= 0.3 is 0 Å². The van der Waals surface area contributed by atoms with E-state index < -0.39 is 5.41 Å². The molecule has 132 valence electrons. The van der Waals surface area contributed by atoms with Gasteiger partial charge in [0.15, 0.2) is 0 Å². The summed E-state index contributed by atoms with van der Waals surface area (Å²) in [6.07, 6.45) is 3.12. The second-order valence-corrected chi connectivity index (χ2v) is 6.50. The zero-order chi connectivity index (χ0) is 17.7. The van der Waals surface area contributed by atoms with E-state index in [4.69, 9.17) is 9.47 Å². The molecule has 0 unspecified atom stereocenters. The van der Waals surface area contributed by atoms with Gasteiger partial charge in [0, 0.05) is 19.2 Å². The molecule has 1 aromatic carbocycles. The molecule has 0 aliphatic carbocycles. The van der Waals surface area contributed by atoms with Crippen LogP contribution in [0.15, 0.2) is 18.2 Å². The van der Waals surface area contributed by atoms with Crippen molar-refractivity contribution in [3.05, 3.63) is 18.2 Å². The summed E-state index contributed by atoms with van der Waals surface area (Å²) in [4.78, 5) is 27.3. The van der Waals surface area contributed by atoms with E-state index in [2.05, 4.69) is 5.32 Å². The van der Waals surface area contributed by atoms with Crippen molar-refractivity contribution in [2.75, 3.05) is 32.6 Å². The molecule has 0 spiro atoms. The Morgan fingerprint density at radius 2 is 1.75 bits per heavy atom. The third-order valence-electron chi connectivity index (χ3n) is 4.40. The van der Waals surface area contributed by atoms with Crippen molar-refractivity contribution < 1.29 is 19.1 Å². The largest absolute Gasteiger partial charge is 0.497 e. The molecule has 6 heteroatoms. The number of amides is 2. The van der Waals surface area contributed by atoms with Crippen molar-refractivity contribution in [3.63, 3.8) is 0 Å². The average Bonchev–Trinajstić information content (AvgIpc) is 2.61. The van der Waals surface area contributed by atoms with Crippen LogP contribution in [0.3, 0.4) is 0 Å². The van der Waals surface area contributed by atoms with Crippen molar-refractivity contribution >= 4 is 17.5 Å². The second kappa shape index (κ2) is 7.55. The van der Waals surface area contributed by atoms with E-state index in [9.17, 15) is 9.59 Å². The quantitative estimate of drug-likeness (QED) is 0.841. The lowest BCUT2D eigenvalue weighted by atomic mass is 9.89. The van der Waals surface area contributed by atoms with Crippen LogP contribution < -0.4 is 14.8 Å². The van der Waals surface area contributed by atoms with E-state index in [-0.39, 0.29) is 11.8 Å². The Bertz CT molecular complexity index is 607. The number of hydrogen-bond donors (Lipinski definition) is 1. The summed E-state index contributed by atoms with van der Waals surface area (Å²) in [6.45, 7) is 4.76. The minimum Gasteiger partial charge on any atom is -0.497 e. The normalized spacial score (nSPS) is 14.9. The molecule has 0 saturated carbocycles. The monoisotopic (exact) mass is 334 g/mol. The average molecular weight is 334 g/mol. The summed E-state index contributed by atoms with van der Waals surface area (Å²) in [6, 6.07) is 5.14. The fraction of sp³-hybridized carbons (Fsp3) is 0.556. The van der Waals surface area contributed by atoms with E-state index in [0.29, 0.717) is 17.2 Å². The number of hydrogen-bond acceptors (Lipinski definition) is 4. The molecule has 1 heterocycles. The molecule has 2 amide bonds. The number of nitrogens with one attached hydrogen (secondary N) is 1. The highest BCUT2D eigenvalue weighted by Crippen LogP contribution is 2.31. The Labute approximate surface area is 143 Å². The summed E-state index contributed by atoms with van der Waals surface area (Å²) in [5, 5.41) is 2.81. The number of carbonyl (C=O) groups is 2. The number of likely N-dealkylation sites (tertiary alicyclic amines) is 1. The predicted octanol–water partition coefficient (Wildman–Crippen LogP) is 2.68. The van der Waals surface area contributed by atoms with E-state index >= 15 is 0 Å². The summed E-state index contributed by atoms with van der Waals surface area (Å²) in [5.74, 6) is 0.628. The van der Waals surface area contributed by atoms with Gasteiger partial charge in [-0.05, 0) is 45.2 Å². The SMILES string of the molecule is COc1ccc(OC)c(NC(=O)C(C)(C)C(=O)N2CCCCC2)c1. The van der Waals surface area contributed by atoms with Gasteiger partial charge in [0.1, 0.15) is 16.9 Å². The maximum atomic E-state index is 12.7. The van der Waals surface area contributed by atoms with Gasteiger partial charge in [0.05, 0.1) is 19.9 Å². The molecule has 2 rings (SSSR count). The third-order valence-corrected chi connectivity index (χ3v) is 4.40. The zero-order valence-corrected chi connectivity index (χ0v) is 14.8. The summed E-state index contributed by atoms with van der Waals surface area (Å²) in [7, 11) is 3.08. The van der Waals surface area contributed by atoms with Crippen molar-refractivity contribution in [1.82, 2.24) is 4.90 Å². The van der Waals surface area contributed by atoms with Crippen LogP contribution in [0.5, 0.6) is 11.5 Å². The fourth-order valence-corrected chi connectivity index (χ4v) is 2.78. The molecular weight excluding hydrogens is 308 g/mol. The molecule has 0 radical (unpaired) electrons. The number of carbonyl (C=O) groups excluding carboxylic acids is 2. The van der Waals surface area contributed by atoms with Gasteiger partial charge in [-0.2, -0.15) is 0 Å². The standard InChI is InChI=1S/C18H26N2O4/c1-18(2,17(22)20-10-6-5-7-11-20)16(21)19-14-12-13(23-3)8-9-15(14)24-4/h8-9,12H,5-7,10-11H2,1-4H3,(H,19,21). The number of rotatable bonds is 5. The molecule has 1 N–H and O–H groups in total. The topological polar surface area (TPSA) is 67.9 Å². The first-order chi connectivity index (χ1) is 11.4. The maximum Gasteiger partial charge on any atom is 0.239 e. The van der Waals surface area contributed by atoms with Crippen LogP contribution in [0.4, 0.5) is 5.69 Å². The van der Waals surface area contributed by atoms with Crippen LogP contribution in [0.25, 0.3) is 0 Å². The van der Waals surface area contributed by atoms with Crippen LogP contribution in [-0.2, 0) is 9.59 Å². The summed E-state index contributed by atoms with van der Waals surface area (Å²) in [5.41, 5.74) is -0.660. The molecule has 1 aliphatic heterocycles.